The van der Waals surface area contributed by atoms with Crippen LogP contribution < -0.4 is 10.9 Å². The predicted octanol–water partition coefficient (Wildman–Crippen LogP) is -0.170. The molecule has 15 heavy (non-hydrogen) atoms. The van der Waals surface area contributed by atoms with Gasteiger partial charge in [-0.25, -0.2) is 5.14 Å². The third kappa shape index (κ3) is 1.97. The topological polar surface area (TPSA) is 89.4 Å². The number of rotatable bonds is 1. The van der Waals surface area contributed by atoms with Crippen LogP contribution in [0.4, 0.5) is 5.69 Å². The zero-order chi connectivity index (χ0) is 11.1. The van der Waals surface area contributed by atoms with Gasteiger partial charge in [0.05, 0.1) is 0 Å². The van der Waals surface area contributed by atoms with E-state index in [9.17, 15) is 8.42 Å². The number of benzene rings is 1. The first kappa shape index (κ1) is 10.4. The third-order valence-electron chi connectivity index (χ3n) is 2.63. The van der Waals surface area contributed by atoms with Gasteiger partial charge in [-0.2, -0.15) is 12.7 Å². The monoisotopic (exact) mass is 227 g/mol. The quantitative estimate of drug-likeness (QED) is 0.653. The molecule has 0 radical (unpaired) electrons. The number of nitrogen functional groups attached to an aromatic ring is 1. The van der Waals surface area contributed by atoms with Crippen LogP contribution in [0, 0.1) is 0 Å². The maximum atomic E-state index is 11.2. The Bertz CT molecular complexity index is 484. The minimum absolute atomic E-state index is 0.279. The zero-order valence-electron chi connectivity index (χ0n) is 8.18. The van der Waals surface area contributed by atoms with E-state index in [1.165, 1.54) is 4.31 Å². The van der Waals surface area contributed by atoms with Gasteiger partial charge < -0.3 is 5.73 Å². The molecule has 0 aromatic heterocycles. The van der Waals surface area contributed by atoms with E-state index in [0.717, 1.165) is 11.1 Å². The fraction of sp³-hybridized carbons (Fsp3) is 0.333. The Balaban J connectivity index is 2.38. The Morgan fingerprint density at radius 3 is 2.73 bits per heavy atom. The van der Waals surface area contributed by atoms with Crippen molar-refractivity contribution < 1.29 is 8.42 Å². The minimum Gasteiger partial charge on any atom is -0.398 e. The van der Waals surface area contributed by atoms with Crippen molar-refractivity contribution in [2.75, 3.05) is 12.3 Å². The summed E-state index contributed by atoms with van der Waals surface area (Å²) in [7, 11) is -3.61. The Morgan fingerprint density at radius 2 is 2.07 bits per heavy atom. The third-order valence-corrected chi connectivity index (χ3v) is 3.67. The summed E-state index contributed by atoms with van der Waals surface area (Å²) in [6.45, 7) is 0.704. The molecule has 0 aliphatic carbocycles. The molecule has 0 unspecified atom stereocenters. The molecule has 1 aliphatic heterocycles. The largest absolute Gasteiger partial charge is 0.398 e. The lowest BCUT2D eigenvalue weighted by Crippen LogP contribution is -2.40. The average Bonchev–Trinajstić information content (AvgIpc) is 2.16. The van der Waals surface area contributed by atoms with Gasteiger partial charge >= 0.3 is 0 Å². The molecule has 1 aromatic rings. The maximum Gasteiger partial charge on any atom is 0.277 e. The van der Waals surface area contributed by atoms with Gasteiger partial charge in [-0.3, -0.25) is 0 Å². The number of hydrogen-bond acceptors (Lipinski definition) is 3. The van der Waals surface area contributed by atoms with E-state index in [0.29, 0.717) is 18.7 Å². The molecule has 0 saturated carbocycles. The second-order valence-electron chi connectivity index (χ2n) is 3.61. The SMILES string of the molecule is Nc1cccc2c1CN(S(N)(=O)=O)CC2. The van der Waals surface area contributed by atoms with Gasteiger partial charge in [0.25, 0.3) is 10.2 Å². The van der Waals surface area contributed by atoms with Crippen LogP contribution in [0.1, 0.15) is 11.1 Å². The average molecular weight is 227 g/mol. The molecule has 0 saturated heterocycles. The summed E-state index contributed by atoms with van der Waals surface area (Å²) in [6.07, 6.45) is 0.663. The Kier molecular flexibility index (Phi) is 2.41. The number of fused-ring (bicyclic) bond motifs is 1. The van der Waals surface area contributed by atoms with Crippen molar-refractivity contribution >= 4 is 15.9 Å². The first-order chi connectivity index (χ1) is 6.98. The summed E-state index contributed by atoms with van der Waals surface area (Å²) in [6, 6.07) is 5.61. The molecule has 1 aliphatic rings. The first-order valence-corrected chi connectivity index (χ1v) is 6.13. The lowest BCUT2D eigenvalue weighted by Gasteiger charge is -2.27. The Hall–Kier alpha value is -1.11. The molecular formula is C9H13N3O2S. The molecule has 0 amide bonds. The van der Waals surface area contributed by atoms with E-state index in [1.54, 1.807) is 6.07 Å². The highest BCUT2D eigenvalue weighted by Crippen LogP contribution is 2.24. The molecule has 1 aromatic carbocycles. The number of nitrogens with zero attached hydrogens (tertiary/aromatic N) is 1. The van der Waals surface area contributed by atoms with Crippen molar-refractivity contribution in [1.29, 1.82) is 0 Å². The summed E-state index contributed by atoms with van der Waals surface area (Å²) < 4.78 is 23.6. The highest BCUT2D eigenvalue weighted by atomic mass is 32.2. The van der Waals surface area contributed by atoms with E-state index in [1.807, 2.05) is 12.1 Å². The van der Waals surface area contributed by atoms with Crippen LogP contribution in [-0.2, 0) is 23.2 Å². The lowest BCUT2D eigenvalue weighted by molar-refractivity contribution is 0.393. The van der Waals surface area contributed by atoms with Crippen molar-refractivity contribution in [3.8, 4) is 0 Å². The second-order valence-corrected chi connectivity index (χ2v) is 5.16. The van der Waals surface area contributed by atoms with Crippen molar-refractivity contribution in [2.45, 2.75) is 13.0 Å². The summed E-state index contributed by atoms with van der Waals surface area (Å²) >= 11 is 0. The van der Waals surface area contributed by atoms with Crippen molar-refractivity contribution in [2.24, 2.45) is 5.14 Å². The number of anilines is 1. The van der Waals surface area contributed by atoms with Gasteiger partial charge in [-0.1, -0.05) is 12.1 Å². The van der Waals surface area contributed by atoms with E-state index >= 15 is 0 Å². The molecule has 5 nitrogen and oxygen atoms in total. The summed E-state index contributed by atoms with van der Waals surface area (Å²) in [5.41, 5.74) is 8.39. The molecule has 2 rings (SSSR count). The van der Waals surface area contributed by atoms with Crippen LogP contribution in [0.2, 0.25) is 0 Å². The van der Waals surface area contributed by atoms with Crippen molar-refractivity contribution in [3.05, 3.63) is 29.3 Å². The summed E-state index contributed by atoms with van der Waals surface area (Å²) in [5, 5.41) is 5.07. The molecule has 82 valence electrons. The van der Waals surface area contributed by atoms with E-state index in [2.05, 4.69) is 0 Å². The highest BCUT2D eigenvalue weighted by molar-refractivity contribution is 7.86. The summed E-state index contributed by atoms with van der Waals surface area (Å²) in [5.74, 6) is 0. The van der Waals surface area contributed by atoms with E-state index in [-0.39, 0.29) is 6.54 Å². The highest BCUT2D eigenvalue weighted by Gasteiger charge is 2.24. The fourth-order valence-corrected chi connectivity index (χ4v) is 2.45. The van der Waals surface area contributed by atoms with Gasteiger partial charge in [-0.05, 0) is 23.6 Å². The molecule has 0 bridgehead atoms. The normalized spacial score (nSPS) is 17.4. The maximum absolute atomic E-state index is 11.2. The first-order valence-electron chi connectivity index (χ1n) is 4.62. The van der Waals surface area contributed by atoms with E-state index < -0.39 is 10.2 Å². The van der Waals surface area contributed by atoms with Crippen molar-refractivity contribution in [1.82, 2.24) is 4.31 Å². The molecule has 4 N–H and O–H groups in total. The van der Waals surface area contributed by atoms with Gasteiger partial charge in [0.1, 0.15) is 0 Å². The second kappa shape index (κ2) is 3.48. The number of nitrogens with two attached hydrogens (primary N) is 2. The molecular weight excluding hydrogens is 214 g/mol. The van der Waals surface area contributed by atoms with Crippen LogP contribution in [0.25, 0.3) is 0 Å². The molecule has 1 heterocycles. The lowest BCUT2D eigenvalue weighted by atomic mass is 10.00. The van der Waals surface area contributed by atoms with Crippen LogP contribution >= 0.6 is 0 Å². The molecule has 0 fully saturated rings. The van der Waals surface area contributed by atoms with Crippen LogP contribution in [0.5, 0.6) is 0 Å². The van der Waals surface area contributed by atoms with Gasteiger partial charge in [-0.15, -0.1) is 0 Å². The van der Waals surface area contributed by atoms with E-state index in [4.69, 9.17) is 10.9 Å². The fourth-order valence-electron chi connectivity index (χ4n) is 1.80. The van der Waals surface area contributed by atoms with Crippen LogP contribution in [0.3, 0.4) is 0 Å². The standard InChI is InChI=1S/C9H13N3O2S/c10-9-3-1-2-7-4-5-12(6-8(7)9)15(11,13)14/h1-3H,4-6,10H2,(H2,11,13,14). The predicted molar refractivity (Wildman–Crippen MR) is 58.1 cm³/mol. The Morgan fingerprint density at radius 1 is 1.33 bits per heavy atom. The molecule has 0 spiro atoms. The van der Waals surface area contributed by atoms with Gasteiger partial charge in [0.15, 0.2) is 0 Å². The molecule has 6 heteroatoms. The minimum atomic E-state index is -3.61. The Labute approximate surface area is 88.9 Å². The van der Waals surface area contributed by atoms with Gasteiger partial charge in [0.2, 0.25) is 0 Å². The van der Waals surface area contributed by atoms with Gasteiger partial charge in [0, 0.05) is 18.8 Å². The molecule has 0 atom stereocenters. The van der Waals surface area contributed by atoms with Crippen LogP contribution in [-0.4, -0.2) is 19.3 Å². The van der Waals surface area contributed by atoms with Crippen molar-refractivity contribution in [3.63, 3.8) is 0 Å². The van der Waals surface area contributed by atoms with Crippen LogP contribution in [0.15, 0.2) is 18.2 Å². The smallest absolute Gasteiger partial charge is 0.277 e. The number of hydrogen-bond donors (Lipinski definition) is 2. The summed E-state index contributed by atoms with van der Waals surface area (Å²) in [4.78, 5) is 0. The zero-order valence-corrected chi connectivity index (χ0v) is 9.00.